The highest BCUT2D eigenvalue weighted by Gasteiger charge is 2.26. The molecule has 0 saturated carbocycles. The first kappa shape index (κ1) is 16.7. The van der Waals surface area contributed by atoms with Crippen LogP contribution in [-0.4, -0.2) is 20.5 Å². The Hall–Kier alpha value is -0.330. The van der Waals surface area contributed by atoms with Crippen molar-refractivity contribution in [1.82, 2.24) is 4.72 Å². The van der Waals surface area contributed by atoms with Gasteiger partial charge in [-0.05, 0) is 26.0 Å². The van der Waals surface area contributed by atoms with Crippen molar-refractivity contribution >= 4 is 34.0 Å². The maximum absolute atomic E-state index is 12.0. The number of halogens is 2. The van der Waals surface area contributed by atoms with Gasteiger partial charge >= 0.3 is 0 Å². The predicted octanol–water partition coefficient (Wildman–Crippen LogP) is 1.78. The minimum Gasteiger partial charge on any atom is -0.329 e. The first-order valence-corrected chi connectivity index (χ1v) is 6.63. The summed E-state index contributed by atoms with van der Waals surface area (Å²) in [5.74, 6) is 0. The van der Waals surface area contributed by atoms with E-state index < -0.39 is 15.6 Å². The first-order valence-electron chi connectivity index (χ1n) is 4.77. The van der Waals surface area contributed by atoms with Crippen molar-refractivity contribution in [2.45, 2.75) is 24.3 Å². The van der Waals surface area contributed by atoms with Gasteiger partial charge in [0.05, 0.1) is 5.02 Å². The molecule has 0 unspecified atom stereocenters. The Bertz CT molecular complexity index is 475. The molecule has 4 nitrogen and oxygen atoms in total. The number of rotatable bonds is 4. The van der Waals surface area contributed by atoms with Crippen molar-refractivity contribution in [3.8, 4) is 0 Å². The smallest absolute Gasteiger partial charge is 0.242 e. The SMILES string of the molecule is CC(C)(CN)NS(=O)(=O)c1ccccc1Cl.Cl. The normalized spacial score (nSPS) is 12.0. The molecule has 0 amide bonds. The van der Waals surface area contributed by atoms with Crippen LogP contribution < -0.4 is 10.5 Å². The van der Waals surface area contributed by atoms with Gasteiger partial charge in [0, 0.05) is 12.1 Å². The second-order valence-corrected chi connectivity index (χ2v) is 6.18. The fraction of sp³-hybridized carbons (Fsp3) is 0.400. The lowest BCUT2D eigenvalue weighted by molar-refractivity contribution is 0.462. The summed E-state index contributed by atoms with van der Waals surface area (Å²) in [4.78, 5) is 0.0678. The molecule has 0 spiro atoms. The van der Waals surface area contributed by atoms with Gasteiger partial charge in [0.2, 0.25) is 10.0 Å². The van der Waals surface area contributed by atoms with Crippen molar-refractivity contribution in [1.29, 1.82) is 0 Å². The van der Waals surface area contributed by atoms with Gasteiger partial charge in [-0.25, -0.2) is 13.1 Å². The van der Waals surface area contributed by atoms with Gasteiger partial charge in [0.25, 0.3) is 0 Å². The minimum atomic E-state index is -3.62. The molecule has 17 heavy (non-hydrogen) atoms. The van der Waals surface area contributed by atoms with Crippen LogP contribution in [0.4, 0.5) is 0 Å². The second kappa shape index (κ2) is 6.02. The monoisotopic (exact) mass is 298 g/mol. The molecule has 1 rings (SSSR count). The number of sulfonamides is 1. The van der Waals surface area contributed by atoms with Crippen LogP contribution >= 0.6 is 24.0 Å². The van der Waals surface area contributed by atoms with E-state index in [2.05, 4.69) is 4.72 Å². The molecule has 0 radical (unpaired) electrons. The Kier molecular flexibility index (Phi) is 5.90. The van der Waals surface area contributed by atoms with Gasteiger partial charge < -0.3 is 5.73 Å². The molecule has 0 heterocycles. The van der Waals surface area contributed by atoms with Crippen molar-refractivity contribution in [2.24, 2.45) is 5.73 Å². The van der Waals surface area contributed by atoms with Crippen LogP contribution in [0.1, 0.15) is 13.8 Å². The number of nitrogens with one attached hydrogen (secondary N) is 1. The molecule has 0 fully saturated rings. The van der Waals surface area contributed by atoms with E-state index in [0.29, 0.717) is 0 Å². The van der Waals surface area contributed by atoms with E-state index in [1.165, 1.54) is 12.1 Å². The first-order chi connectivity index (χ1) is 7.28. The van der Waals surface area contributed by atoms with E-state index >= 15 is 0 Å². The summed E-state index contributed by atoms with van der Waals surface area (Å²) >= 11 is 5.83. The van der Waals surface area contributed by atoms with Gasteiger partial charge in [-0.15, -0.1) is 12.4 Å². The molecule has 0 aliphatic heterocycles. The molecule has 0 aliphatic carbocycles. The predicted molar refractivity (Wildman–Crippen MR) is 72.2 cm³/mol. The maximum Gasteiger partial charge on any atom is 0.242 e. The quantitative estimate of drug-likeness (QED) is 0.890. The number of nitrogens with two attached hydrogens (primary N) is 1. The summed E-state index contributed by atoms with van der Waals surface area (Å²) in [6.45, 7) is 3.62. The summed E-state index contributed by atoms with van der Waals surface area (Å²) in [7, 11) is -3.62. The van der Waals surface area contributed by atoms with Crippen LogP contribution in [0.5, 0.6) is 0 Å². The maximum atomic E-state index is 12.0. The second-order valence-electron chi connectivity index (χ2n) is 4.12. The summed E-state index contributed by atoms with van der Waals surface area (Å²) in [5, 5.41) is 0.197. The molecule has 0 bridgehead atoms. The van der Waals surface area contributed by atoms with E-state index in [-0.39, 0.29) is 28.9 Å². The molecule has 7 heteroatoms. The minimum absolute atomic E-state index is 0. The molecule has 0 atom stereocenters. The fourth-order valence-corrected chi connectivity index (χ4v) is 3.07. The molecule has 0 aliphatic rings. The molecule has 1 aromatic carbocycles. The fourth-order valence-electron chi connectivity index (χ4n) is 1.12. The van der Waals surface area contributed by atoms with E-state index in [9.17, 15) is 8.42 Å². The Morgan fingerprint density at radius 1 is 1.35 bits per heavy atom. The zero-order chi connectivity index (χ0) is 12.4. The Balaban J connectivity index is 0.00000256. The lowest BCUT2D eigenvalue weighted by Gasteiger charge is -2.24. The third-order valence-corrected chi connectivity index (χ3v) is 4.25. The average molecular weight is 299 g/mol. The average Bonchev–Trinajstić information content (AvgIpc) is 2.16. The van der Waals surface area contributed by atoms with Crippen LogP contribution in [0, 0.1) is 0 Å². The highest BCUT2D eigenvalue weighted by Crippen LogP contribution is 2.21. The standard InChI is InChI=1S/C10H15ClN2O2S.ClH/c1-10(2,7-12)13-16(14,15)9-6-4-3-5-8(9)11;/h3-6,13H,7,12H2,1-2H3;1H. The van der Waals surface area contributed by atoms with Gasteiger partial charge in [-0.1, -0.05) is 23.7 Å². The molecule has 0 saturated heterocycles. The highest BCUT2D eigenvalue weighted by molar-refractivity contribution is 7.89. The summed E-state index contributed by atoms with van der Waals surface area (Å²) in [6.07, 6.45) is 0. The van der Waals surface area contributed by atoms with Crippen molar-refractivity contribution in [3.05, 3.63) is 29.3 Å². The molecule has 3 N–H and O–H groups in total. The number of benzene rings is 1. The van der Waals surface area contributed by atoms with Crippen molar-refractivity contribution in [3.63, 3.8) is 0 Å². The van der Waals surface area contributed by atoms with Crippen LogP contribution in [-0.2, 0) is 10.0 Å². The number of hydrogen-bond acceptors (Lipinski definition) is 3. The number of hydrogen-bond donors (Lipinski definition) is 2. The summed E-state index contributed by atoms with van der Waals surface area (Å²) in [6, 6.07) is 6.29. The molecule has 1 aromatic rings. The van der Waals surface area contributed by atoms with Crippen LogP contribution in [0.3, 0.4) is 0 Å². The van der Waals surface area contributed by atoms with Crippen LogP contribution in [0.25, 0.3) is 0 Å². The molecule has 0 aromatic heterocycles. The Morgan fingerprint density at radius 2 is 1.88 bits per heavy atom. The van der Waals surface area contributed by atoms with Crippen molar-refractivity contribution < 1.29 is 8.42 Å². The zero-order valence-corrected chi connectivity index (χ0v) is 12.0. The van der Waals surface area contributed by atoms with Gasteiger partial charge in [0.1, 0.15) is 4.90 Å². The van der Waals surface area contributed by atoms with Crippen molar-refractivity contribution in [2.75, 3.05) is 6.54 Å². The topological polar surface area (TPSA) is 72.2 Å². The van der Waals surface area contributed by atoms with E-state index in [0.717, 1.165) is 0 Å². The third kappa shape index (κ3) is 4.44. The third-order valence-electron chi connectivity index (χ3n) is 2.05. The molecule has 98 valence electrons. The van der Waals surface area contributed by atoms with E-state index in [4.69, 9.17) is 17.3 Å². The lowest BCUT2D eigenvalue weighted by atomic mass is 10.1. The highest BCUT2D eigenvalue weighted by atomic mass is 35.5. The summed E-state index contributed by atoms with van der Waals surface area (Å²) < 4.78 is 26.5. The summed E-state index contributed by atoms with van der Waals surface area (Å²) in [5.41, 5.74) is 4.77. The molecular formula is C10H16Cl2N2O2S. The van der Waals surface area contributed by atoms with Gasteiger partial charge in [-0.2, -0.15) is 0 Å². The largest absolute Gasteiger partial charge is 0.329 e. The van der Waals surface area contributed by atoms with Gasteiger partial charge in [0.15, 0.2) is 0 Å². The molecular weight excluding hydrogens is 283 g/mol. The van der Waals surface area contributed by atoms with Crippen LogP contribution in [0.2, 0.25) is 5.02 Å². The van der Waals surface area contributed by atoms with Gasteiger partial charge in [-0.3, -0.25) is 0 Å². The van der Waals surface area contributed by atoms with E-state index in [1.807, 2.05) is 0 Å². The zero-order valence-electron chi connectivity index (χ0n) is 9.60. The Labute approximate surface area is 113 Å². The van der Waals surface area contributed by atoms with Crippen LogP contribution in [0.15, 0.2) is 29.2 Å². The van der Waals surface area contributed by atoms with E-state index in [1.54, 1.807) is 26.0 Å². The lowest BCUT2D eigenvalue weighted by Crippen LogP contribution is -2.48. The Morgan fingerprint density at radius 3 is 2.35 bits per heavy atom.